The van der Waals surface area contributed by atoms with E-state index in [1.807, 2.05) is 30.3 Å². The van der Waals surface area contributed by atoms with Crippen LogP contribution < -0.4 is 23.7 Å². The van der Waals surface area contributed by atoms with E-state index >= 15 is 0 Å². The Morgan fingerprint density at radius 2 is 1.64 bits per heavy atom. The molecule has 28 heavy (non-hydrogen) atoms. The average molecular weight is 388 g/mol. The number of carbonyl (C=O) groups is 1. The van der Waals surface area contributed by atoms with Crippen LogP contribution in [0.2, 0.25) is 0 Å². The van der Waals surface area contributed by atoms with E-state index in [0.717, 1.165) is 11.1 Å². The van der Waals surface area contributed by atoms with E-state index in [1.54, 1.807) is 28.3 Å². The Bertz CT molecular complexity index is 822. The van der Waals surface area contributed by atoms with Crippen LogP contribution in [0.4, 0.5) is 0 Å². The molecule has 0 saturated heterocycles. The summed E-state index contributed by atoms with van der Waals surface area (Å²) < 4.78 is 32.4. The quantitative estimate of drug-likeness (QED) is 0.641. The lowest BCUT2D eigenvalue weighted by molar-refractivity contribution is -0.143. The molecule has 1 aliphatic heterocycles. The van der Waals surface area contributed by atoms with Gasteiger partial charge in [-0.3, -0.25) is 4.79 Å². The molecule has 0 spiro atoms. The first-order valence-corrected chi connectivity index (χ1v) is 8.96. The summed E-state index contributed by atoms with van der Waals surface area (Å²) in [5.74, 6) is 2.29. The van der Waals surface area contributed by atoms with Crippen LogP contribution in [0.15, 0.2) is 30.3 Å². The second-order valence-electron chi connectivity index (χ2n) is 6.13. The van der Waals surface area contributed by atoms with Crippen LogP contribution in [0.3, 0.4) is 0 Å². The van der Waals surface area contributed by atoms with Gasteiger partial charge in [0.15, 0.2) is 23.0 Å². The first kappa shape index (κ1) is 19.7. The third-order valence-electron chi connectivity index (χ3n) is 4.56. The highest BCUT2D eigenvalue weighted by Crippen LogP contribution is 2.43. The monoisotopic (exact) mass is 388 g/mol. The summed E-state index contributed by atoms with van der Waals surface area (Å²) in [4.78, 5) is 12.3. The molecular formula is C21H24O7. The second-order valence-corrected chi connectivity index (χ2v) is 6.13. The van der Waals surface area contributed by atoms with E-state index in [-0.39, 0.29) is 25.1 Å². The lowest BCUT2D eigenvalue weighted by Crippen LogP contribution is -2.12. The maximum absolute atomic E-state index is 12.3. The molecule has 0 aromatic heterocycles. The zero-order valence-electron chi connectivity index (χ0n) is 16.4. The van der Waals surface area contributed by atoms with Gasteiger partial charge in [-0.25, -0.2) is 0 Å². The van der Waals surface area contributed by atoms with Crippen molar-refractivity contribution in [2.45, 2.75) is 19.3 Å². The van der Waals surface area contributed by atoms with Gasteiger partial charge < -0.3 is 28.4 Å². The van der Waals surface area contributed by atoms with Crippen molar-refractivity contribution in [2.24, 2.45) is 0 Å². The number of fused-ring (bicyclic) bond motifs is 1. The molecule has 3 rings (SSSR count). The first-order chi connectivity index (χ1) is 13.6. The molecule has 1 heterocycles. The van der Waals surface area contributed by atoms with E-state index in [0.29, 0.717) is 35.4 Å². The zero-order chi connectivity index (χ0) is 20.1. The largest absolute Gasteiger partial charge is 0.493 e. The highest BCUT2D eigenvalue weighted by molar-refractivity contribution is 5.72. The van der Waals surface area contributed by atoms with Crippen molar-refractivity contribution in [3.05, 3.63) is 41.5 Å². The van der Waals surface area contributed by atoms with Crippen LogP contribution in [-0.4, -0.2) is 40.7 Å². The summed E-state index contributed by atoms with van der Waals surface area (Å²) in [6, 6.07) is 9.33. The van der Waals surface area contributed by atoms with Crippen molar-refractivity contribution in [1.82, 2.24) is 0 Å². The molecule has 0 N–H and O–H groups in total. The minimum atomic E-state index is -0.293. The zero-order valence-corrected chi connectivity index (χ0v) is 16.4. The molecule has 0 radical (unpaired) electrons. The van der Waals surface area contributed by atoms with Gasteiger partial charge >= 0.3 is 5.97 Å². The van der Waals surface area contributed by atoms with Gasteiger partial charge in [0.05, 0.1) is 34.4 Å². The Labute approximate surface area is 164 Å². The predicted molar refractivity (Wildman–Crippen MR) is 102 cm³/mol. The topological polar surface area (TPSA) is 72.5 Å². The van der Waals surface area contributed by atoms with E-state index in [1.165, 1.54) is 0 Å². The van der Waals surface area contributed by atoms with Gasteiger partial charge in [-0.2, -0.15) is 0 Å². The number of ether oxygens (including phenoxy) is 6. The third-order valence-corrected chi connectivity index (χ3v) is 4.56. The molecule has 2 aromatic carbocycles. The molecule has 0 aliphatic carbocycles. The molecule has 2 aromatic rings. The Morgan fingerprint density at radius 3 is 2.25 bits per heavy atom. The van der Waals surface area contributed by atoms with Gasteiger partial charge in [-0.05, 0) is 42.3 Å². The first-order valence-electron chi connectivity index (χ1n) is 8.96. The fraction of sp³-hybridized carbons (Fsp3) is 0.381. The van der Waals surface area contributed by atoms with Crippen LogP contribution in [0.25, 0.3) is 0 Å². The fourth-order valence-corrected chi connectivity index (χ4v) is 3.25. The van der Waals surface area contributed by atoms with Crippen molar-refractivity contribution < 1.29 is 33.2 Å². The molecule has 1 aliphatic rings. The van der Waals surface area contributed by atoms with Crippen LogP contribution in [0.1, 0.15) is 30.4 Å². The number of methoxy groups -OCH3 is 3. The van der Waals surface area contributed by atoms with Gasteiger partial charge in [0.1, 0.15) is 0 Å². The number of hydrogen-bond donors (Lipinski definition) is 0. The van der Waals surface area contributed by atoms with E-state index < -0.39 is 0 Å². The smallest absolute Gasteiger partial charge is 0.306 e. The maximum Gasteiger partial charge on any atom is 0.306 e. The summed E-state index contributed by atoms with van der Waals surface area (Å²) in [5.41, 5.74) is 1.73. The molecule has 0 bridgehead atoms. The number of carbonyl (C=O) groups excluding carboxylic acids is 1. The lowest BCUT2D eigenvalue weighted by Gasteiger charge is -2.21. The average Bonchev–Trinajstić information content (AvgIpc) is 3.18. The number of benzene rings is 2. The third kappa shape index (κ3) is 3.93. The van der Waals surface area contributed by atoms with Crippen LogP contribution >= 0.6 is 0 Å². The fourth-order valence-electron chi connectivity index (χ4n) is 3.25. The Kier molecular flexibility index (Phi) is 6.13. The van der Waals surface area contributed by atoms with Gasteiger partial charge in [-0.1, -0.05) is 6.07 Å². The molecule has 7 heteroatoms. The molecule has 1 atom stereocenters. The number of rotatable bonds is 8. The second kappa shape index (κ2) is 8.73. The van der Waals surface area contributed by atoms with Crippen LogP contribution in [0.5, 0.6) is 28.7 Å². The van der Waals surface area contributed by atoms with Gasteiger partial charge in [0, 0.05) is 5.92 Å². The summed E-state index contributed by atoms with van der Waals surface area (Å²) in [7, 11) is 4.66. The van der Waals surface area contributed by atoms with Gasteiger partial charge in [0.2, 0.25) is 12.5 Å². The molecule has 0 saturated carbocycles. The Hall–Kier alpha value is -3.09. The predicted octanol–water partition coefficient (Wildman–Crippen LogP) is 3.53. The maximum atomic E-state index is 12.3. The van der Waals surface area contributed by atoms with Crippen LogP contribution in [-0.2, 0) is 9.53 Å². The van der Waals surface area contributed by atoms with E-state index in [9.17, 15) is 4.79 Å². The Balaban J connectivity index is 2.07. The highest BCUT2D eigenvalue weighted by atomic mass is 16.7. The molecule has 150 valence electrons. The Morgan fingerprint density at radius 1 is 0.964 bits per heavy atom. The van der Waals surface area contributed by atoms with E-state index in [4.69, 9.17) is 28.4 Å². The SMILES string of the molecule is CCOC(=O)CC(c1ccc2c(c1)OCO2)c1cc(OC)c(OC)c(OC)c1. The lowest BCUT2D eigenvalue weighted by atomic mass is 9.88. The van der Waals surface area contributed by atoms with Crippen molar-refractivity contribution >= 4 is 5.97 Å². The van der Waals surface area contributed by atoms with Crippen molar-refractivity contribution in [2.75, 3.05) is 34.7 Å². The van der Waals surface area contributed by atoms with Crippen molar-refractivity contribution in [1.29, 1.82) is 0 Å². The highest BCUT2D eigenvalue weighted by Gasteiger charge is 2.25. The number of hydrogen-bond acceptors (Lipinski definition) is 7. The molecular weight excluding hydrogens is 364 g/mol. The molecule has 0 amide bonds. The van der Waals surface area contributed by atoms with Crippen molar-refractivity contribution in [3.8, 4) is 28.7 Å². The summed E-state index contributed by atoms with van der Waals surface area (Å²) in [6.45, 7) is 2.29. The van der Waals surface area contributed by atoms with Crippen molar-refractivity contribution in [3.63, 3.8) is 0 Å². The van der Waals surface area contributed by atoms with Gasteiger partial charge in [-0.15, -0.1) is 0 Å². The summed E-state index contributed by atoms with van der Waals surface area (Å²) in [6.07, 6.45) is 0.159. The van der Waals surface area contributed by atoms with Gasteiger partial charge in [0.25, 0.3) is 0 Å². The standard InChI is InChI=1S/C21H24O7/c1-5-26-20(22)11-15(13-6-7-16-17(8-13)28-12-27-16)14-9-18(23-2)21(25-4)19(10-14)24-3/h6-10,15H,5,11-12H2,1-4H3. The summed E-state index contributed by atoms with van der Waals surface area (Å²) >= 11 is 0. The number of esters is 1. The molecule has 7 nitrogen and oxygen atoms in total. The normalized spacial score (nSPS) is 13.0. The molecule has 0 fully saturated rings. The molecule has 1 unspecified atom stereocenters. The summed E-state index contributed by atoms with van der Waals surface area (Å²) in [5, 5.41) is 0. The minimum Gasteiger partial charge on any atom is -0.493 e. The minimum absolute atomic E-state index is 0.159. The van der Waals surface area contributed by atoms with E-state index in [2.05, 4.69) is 0 Å². The van der Waals surface area contributed by atoms with Crippen LogP contribution in [0, 0.1) is 0 Å².